The highest BCUT2D eigenvalue weighted by atomic mass is 32.1. The normalized spacial score (nSPS) is 14.9. The standard InChI is InChI=1S/C21H24N4O2S.C19H26N4S.C18H15N3OS.C17H21N3S.C15H16N4OS.C14H16N4OS/c1-11-7-12(2)22-21-17(11)18-19(28-21)20(24-25(18)4)23-13(3)14-8-15(26-5)10-16(9-14)27-6;1-11(2)23-7-5-14(6-8-23)22-18-17-15(10-20-18)16-12(3)9-13(4)21-19(16)24-17;1-10-8-11(2)20-18-14(10)13-9-19-16(15(13)23-18)21-17(22)12-6-4-3-5-7-12;1-10-8-11(2)19-17-14(10)13-9-18-16(15(13)21-17)20-12-6-4-3-5-7-12;1-7-6-8(2)16-15-10(7)11-12(21-15)13(18-19(11)3)17-14(20)9-4-5-9;1-5-9(19)16-13-12-11(18(4)17-13)10-7(2)6-8(3)15-14(10)20-12/h7-10,13H,1-6H3,(H,23,24);9,11,14H,5-8,10H2,1-4H3,(H,20,22);3-8H,9H2,1-2H3,(H,19,21,22);8,12H,3-7,9H2,1-2H3,(H,18,20);6,9H,4-5H2,1-3H3,(H,17,18,20);6H,5H2,1-4H3,(H,16,17,19). The fourth-order valence-corrected chi connectivity index (χ4v) is 27.0. The van der Waals surface area contributed by atoms with Crippen LogP contribution in [-0.4, -0.2) is 145 Å². The molecule has 0 radical (unpaired) electrons. The third-order valence-electron chi connectivity index (χ3n) is 26.2. The number of piperidine rings is 1. The van der Waals surface area contributed by atoms with Crippen molar-refractivity contribution in [3.05, 3.63) is 195 Å². The van der Waals surface area contributed by atoms with Crippen molar-refractivity contribution in [3.63, 3.8) is 0 Å². The van der Waals surface area contributed by atoms with Crippen molar-refractivity contribution in [1.29, 1.82) is 0 Å². The molecule has 6 aliphatic rings. The number of aliphatic imine (C=N–C) groups is 3. The van der Waals surface area contributed by atoms with Crippen LogP contribution >= 0.6 is 68.0 Å². The summed E-state index contributed by atoms with van der Waals surface area (Å²) < 4.78 is 19.6. The van der Waals surface area contributed by atoms with Gasteiger partial charge < -0.3 is 46.3 Å². The van der Waals surface area contributed by atoms with Gasteiger partial charge in [-0.05, 0) is 242 Å². The fourth-order valence-electron chi connectivity index (χ4n) is 19.4. The first-order valence-corrected chi connectivity index (χ1v) is 52.0. The number of thiophene rings is 6. The molecule has 15 aromatic heterocycles. The Morgan fingerprint density at radius 2 is 0.788 bits per heavy atom. The lowest BCUT2D eigenvalue weighted by Gasteiger charge is -2.35. The summed E-state index contributed by atoms with van der Waals surface area (Å²) >= 11 is 10.1. The minimum Gasteiger partial charge on any atom is -0.497 e. The van der Waals surface area contributed by atoms with Gasteiger partial charge in [-0.2, -0.15) is 15.3 Å². The molecular weight excluding hydrogens is 1830 g/mol. The van der Waals surface area contributed by atoms with Gasteiger partial charge in [0.05, 0.1) is 85.2 Å². The Kier molecular flexibility index (Phi) is 27.6. The van der Waals surface area contributed by atoms with Gasteiger partial charge in [-0.15, -0.1) is 68.0 Å². The van der Waals surface area contributed by atoms with E-state index in [2.05, 4.69) is 180 Å². The van der Waals surface area contributed by atoms with E-state index in [1.54, 1.807) is 83.0 Å². The quantitative estimate of drug-likeness (QED) is 0.0625. The number of amidine groups is 3. The van der Waals surface area contributed by atoms with Crippen LogP contribution in [0.5, 0.6) is 11.5 Å². The Morgan fingerprint density at radius 1 is 0.423 bits per heavy atom. The number of hydrogen-bond acceptors (Lipinski definition) is 27. The van der Waals surface area contributed by atoms with Crippen LogP contribution in [0.1, 0.15) is 213 Å². The number of likely N-dealkylation sites (tertiary alicyclic amines) is 1. The predicted molar refractivity (Wildman–Crippen MR) is 567 cm³/mol. The van der Waals surface area contributed by atoms with Crippen LogP contribution in [0.4, 0.5) is 17.5 Å². The number of amides is 3. The lowest BCUT2D eigenvalue weighted by molar-refractivity contribution is -0.117. The minimum atomic E-state index is -0.129. The van der Waals surface area contributed by atoms with Crippen molar-refractivity contribution in [1.82, 2.24) is 80.1 Å². The molecule has 3 fully saturated rings. The average Bonchev–Trinajstić information content (AvgIpc) is 1.72. The number of rotatable bonds is 13. The highest BCUT2D eigenvalue weighted by Crippen LogP contribution is 2.46. The number of aromatic nitrogens is 12. The molecule has 1 atom stereocenters. The molecule has 33 heteroatoms. The number of aryl methyl sites for hydroxylation is 15. The first-order chi connectivity index (χ1) is 65.8. The first-order valence-electron chi connectivity index (χ1n) is 47.1. The van der Waals surface area contributed by atoms with Crippen LogP contribution in [0, 0.1) is 89.0 Å². The Bertz CT molecular complexity index is 7660. The lowest BCUT2D eigenvalue weighted by Crippen LogP contribution is -2.46. The number of nitrogens with zero attached hydrogens (tertiary/aromatic N) is 16. The molecule has 19 heterocycles. The molecule has 17 aromatic rings. The molecule has 1 unspecified atom stereocenters. The van der Waals surface area contributed by atoms with Crippen molar-refractivity contribution in [2.24, 2.45) is 42.0 Å². The lowest BCUT2D eigenvalue weighted by atomic mass is 9.95. The van der Waals surface area contributed by atoms with Crippen LogP contribution in [0.3, 0.4) is 0 Å². The van der Waals surface area contributed by atoms with E-state index >= 15 is 0 Å². The van der Waals surface area contributed by atoms with Gasteiger partial charge in [0.1, 0.15) is 58.0 Å². The van der Waals surface area contributed by atoms with Crippen molar-refractivity contribution in [2.75, 3.05) is 43.3 Å². The van der Waals surface area contributed by atoms with E-state index < -0.39 is 0 Å². The number of benzene rings is 2. The van der Waals surface area contributed by atoms with E-state index in [0.29, 0.717) is 54.1 Å². The molecule has 27 nitrogen and oxygen atoms in total. The second-order valence-electron chi connectivity index (χ2n) is 37.1. The molecule has 2 aliphatic carbocycles. The molecule has 0 spiro atoms. The maximum atomic E-state index is 12.3. The minimum absolute atomic E-state index is 0.0247. The molecule has 4 aliphatic heterocycles. The molecule has 2 saturated carbocycles. The zero-order valence-electron chi connectivity index (χ0n) is 81.7. The second-order valence-corrected chi connectivity index (χ2v) is 43.1. The van der Waals surface area contributed by atoms with E-state index in [1.807, 2.05) is 118 Å². The number of fused-ring (bicyclic) bond motifs is 18. The van der Waals surface area contributed by atoms with Gasteiger partial charge in [0.2, 0.25) is 11.8 Å². The summed E-state index contributed by atoms with van der Waals surface area (Å²) in [6.45, 7) is 38.1. The van der Waals surface area contributed by atoms with E-state index in [9.17, 15) is 14.4 Å². The Morgan fingerprint density at radius 3 is 1.18 bits per heavy atom. The van der Waals surface area contributed by atoms with Crippen LogP contribution in [0.15, 0.2) is 99.9 Å². The summed E-state index contributed by atoms with van der Waals surface area (Å²) in [6.07, 6.45) is 11.5. The molecule has 1 saturated heterocycles. The number of methoxy groups -OCH3 is 2. The molecule has 6 N–H and O–H groups in total. The summed E-state index contributed by atoms with van der Waals surface area (Å²) in [4.78, 5) is 90.7. The third kappa shape index (κ3) is 19.7. The zero-order chi connectivity index (χ0) is 96.4. The van der Waals surface area contributed by atoms with Gasteiger partial charge in [-0.1, -0.05) is 44.4 Å². The predicted octanol–water partition coefficient (Wildman–Crippen LogP) is 22.6. The first kappa shape index (κ1) is 95.2. The van der Waals surface area contributed by atoms with Gasteiger partial charge >= 0.3 is 0 Å². The van der Waals surface area contributed by atoms with Gasteiger partial charge in [0, 0.05) is 159 Å². The topological polar surface area (TPSA) is 313 Å². The average molecular weight is 1950 g/mol. The Hall–Kier alpha value is -12.1. The molecule has 0 bridgehead atoms. The molecule has 23 rings (SSSR count). The SMILES string of the molecule is CCC(=O)Nc1nn(C)c2c1sc1nc(C)cc(C)c12.COc1cc(OC)cc(C(C)Nc2nn(C)c3c2sc2nc(C)cc(C)c23)c1.Cc1cc(C)c2c(n1)sc1c(NC(=O)C3CC3)nn(C)c12.Cc1cc(C)c2c3c(sc2n1)C(NC(=O)c1ccccc1)=NC3.Cc1cc(C)c2c3c(sc2n1)C(NC1CCCCC1)=NC3.Cc1cc(C)c2c3c(sc2n1)C(NC1CCN(C(C)C)CC1)=NC3. The van der Waals surface area contributed by atoms with Gasteiger partial charge in [0.15, 0.2) is 17.5 Å². The van der Waals surface area contributed by atoms with E-state index in [1.165, 1.54) is 149 Å². The molecular formula is C104H118N22O5S6. The van der Waals surface area contributed by atoms with Crippen molar-refractivity contribution >= 4 is 213 Å². The Labute approximate surface area is 821 Å². The molecule has 2 aromatic carbocycles. The largest absolute Gasteiger partial charge is 0.497 e. The zero-order valence-corrected chi connectivity index (χ0v) is 86.6. The van der Waals surface area contributed by atoms with Crippen molar-refractivity contribution in [2.45, 2.75) is 219 Å². The van der Waals surface area contributed by atoms with E-state index in [4.69, 9.17) is 39.5 Å². The third-order valence-corrected chi connectivity index (χ3v) is 32.8. The summed E-state index contributed by atoms with van der Waals surface area (Å²) in [5.74, 6) is 6.72. The number of anilines is 3. The molecule has 3 amide bonds. The van der Waals surface area contributed by atoms with Crippen LogP contribution < -0.4 is 41.4 Å². The number of nitrogens with one attached hydrogen (secondary N) is 6. The van der Waals surface area contributed by atoms with Crippen LogP contribution in [0.2, 0.25) is 0 Å². The molecule has 137 heavy (non-hydrogen) atoms. The number of hydrogen-bond donors (Lipinski definition) is 6. The monoisotopic (exact) mass is 1950 g/mol. The maximum absolute atomic E-state index is 12.3. The summed E-state index contributed by atoms with van der Waals surface area (Å²) in [5.41, 5.74) is 22.7. The van der Waals surface area contributed by atoms with E-state index in [0.717, 1.165) is 160 Å². The van der Waals surface area contributed by atoms with Gasteiger partial charge in [0.25, 0.3) is 5.91 Å². The van der Waals surface area contributed by atoms with Crippen molar-refractivity contribution < 1.29 is 23.9 Å². The maximum Gasteiger partial charge on any atom is 0.256 e. The van der Waals surface area contributed by atoms with Gasteiger partial charge in [-0.3, -0.25) is 43.4 Å². The number of ether oxygens (including phenoxy) is 2. The number of carbonyl (C=O) groups is 3. The van der Waals surface area contributed by atoms with E-state index in [-0.39, 0.29) is 29.7 Å². The molecule has 710 valence electrons. The van der Waals surface area contributed by atoms with Crippen LogP contribution in [-0.2, 0) is 50.4 Å². The highest BCUT2D eigenvalue weighted by Gasteiger charge is 2.34. The second kappa shape index (κ2) is 39.8. The van der Waals surface area contributed by atoms with Crippen molar-refractivity contribution in [3.8, 4) is 11.5 Å². The smallest absolute Gasteiger partial charge is 0.256 e. The number of pyridine rings is 6. The Balaban J connectivity index is 0.000000110. The highest BCUT2D eigenvalue weighted by molar-refractivity contribution is 7.27. The summed E-state index contributed by atoms with van der Waals surface area (Å²) in [7, 11) is 9.12. The fraction of sp³-hybridized carbons (Fsp3) is 0.394. The summed E-state index contributed by atoms with van der Waals surface area (Å²) in [6, 6.07) is 29.7. The summed E-state index contributed by atoms with van der Waals surface area (Å²) in [5, 5.41) is 40.7. The van der Waals surface area contributed by atoms with Gasteiger partial charge in [-0.25, -0.2) is 29.9 Å². The number of carbonyl (C=O) groups excluding carboxylic acids is 3. The van der Waals surface area contributed by atoms with Crippen LogP contribution in [0.25, 0.3) is 91.9 Å².